The Morgan fingerprint density at radius 1 is 1.48 bits per heavy atom. The van der Waals surface area contributed by atoms with Crippen LogP contribution in [0.4, 0.5) is 0 Å². The number of hydrogen-bond donors (Lipinski definition) is 2. The van der Waals surface area contributed by atoms with E-state index in [9.17, 15) is 9.90 Å². The smallest absolute Gasteiger partial charge is 0.230 e. The first-order valence-electron chi connectivity index (χ1n) is 7.81. The lowest BCUT2D eigenvalue weighted by molar-refractivity contribution is -0.143. The Morgan fingerprint density at radius 2 is 2.29 bits per heavy atom. The molecule has 1 heterocycles. The van der Waals surface area contributed by atoms with Crippen LogP contribution in [0.3, 0.4) is 0 Å². The third-order valence-electron chi connectivity index (χ3n) is 4.33. The molecule has 0 radical (unpaired) electrons. The van der Waals surface area contributed by atoms with Crippen LogP contribution in [0.2, 0.25) is 0 Å². The van der Waals surface area contributed by atoms with Gasteiger partial charge in [0.05, 0.1) is 5.41 Å². The zero-order valence-corrected chi connectivity index (χ0v) is 13.1. The molecule has 1 aromatic carbocycles. The van der Waals surface area contributed by atoms with E-state index in [4.69, 9.17) is 0 Å². The van der Waals surface area contributed by atoms with E-state index in [0.717, 1.165) is 44.3 Å². The zero-order valence-electron chi connectivity index (χ0n) is 13.1. The molecule has 1 aromatic rings. The molecule has 2 N–H and O–H groups in total. The highest BCUT2D eigenvalue weighted by molar-refractivity contribution is 5.83. The molecule has 1 amide bonds. The minimum atomic E-state index is -0.251. The summed E-state index contributed by atoms with van der Waals surface area (Å²) in [6.45, 7) is 4.47. The van der Waals surface area contributed by atoms with Gasteiger partial charge < -0.3 is 15.3 Å². The van der Waals surface area contributed by atoms with E-state index in [1.54, 1.807) is 17.0 Å². The number of piperidine rings is 1. The molecule has 4 heteroatoms. The van der Waals surface area contributed by atoms with Crippen LogP contribution in [-0.2, 0) is 11.3 Å². The van der Waals surface area contributed by atoms with Crippen LogP contribution >= 0.6 is 0 Å². The monoisotopic (exact) mass is 290 g/mol. The van der Waals surface area contributed by atoms with Crippen molar-refractivity contribution in [2.45, 2.75) is 39.2 Å². The van der Waals surface area contributed by atoms with Gasteiger partial charge >= 0.3 is 0 Å². The molecule has 1 atom stereocenters. The second kappa shape index (κ2) is 6.94. The molecule has 1 saturated heterocycles. The molecular formula is C17H26N2O2. The Labute approximate surface area is 127 Å². The highest BCUT2D eigenvalue weighted by atomic mass is 16.3. The van der Waals surface area contributed by atoms with Gasteiger partial charge in [-0.1, -0.05) is 25.5 Å². The highest BCUT2D eigenvalue weighted by Gasteiger charge is 2.40. The fraction of sp³-hybridized carbons (Fsp3) is 0.588. The van der Waals surface area contributed by atoms with Crippen molar-refractivity contribution in [3.05, 3.63) is 29.8 Å². The first-order valence-corrected chi connectivity index (χ1v) is 7.81. The Balaban J connectivity index is 2.09. The van der Waals surface area contributed by atoms with Gasteiger partial charge in [0.1, 0.15) is 5.75 Å². The number of aromatic hydroxyl groups is 1. The molecule has 1 aliphatic rings. The number of carbonyl (C=O) groups is 1. The number of benzene rings is 1. The fourth-order valence-corrected chi connectivity index (χ4v) is 3.35. The maximum atomic E-state index is 12.9. The summed E-state index contributed by atoms with van der Waals surface area (Å²) in [5, 5.41) is 12.9. The predicted octanol–water partition coefficient (Wildman–Crippen LogP) is 2.52. The third kappa shape index (κ3) is 3.76. The van der Waals surface area contributed by atoms with E-state index >= 15 is 0 Å². The molecule has 21 heavy (non-hydrogen) atoms. The van der Waals surface area contributed by atoms with Gasteiger partial charge in [-0.05, 0) is 43.5 Å². The summed E-state index contributed by atoms with van der Waals surface area (Å²) in [7, 11) is 1.86. The average Bonchev–Trinajstić information content (AvgIpc) is 2.47. The van der Waals surface area contributed by atoms with Crippen molar-refractivity contribution < 1.29 is 9.90 Å². The summed E-state index contributed by atoms with van der Waals surface area (Å²) in [6, 6.07) is 7.12. The Bertz CT molecular complexity index is 476. The number of nitrogens with zero attached hydrogens (tertiary/aromatic N) is 1. The van der Waals surface area contributed by atoms with E-state index in [1.807, 2.05) is 19.2 Å². The molecule has 1 aliphatic heterocycles. The molecule has 2 rings (SSSR count). The Kier molecular flexibility index (Phi) is 5.23. The minimum absolute atomic E-state index is 0.222. The Hall–Kier alpha value is -1.55. The number of amides is 1. The number of carbonyl (C=O) groups excluding carboxylic acids is 1. The van der Waals surface area contributed by atoms with Gasteiger partial charge in [0.25, 0.3) is 0 Å². The average molecular weight is 290 g/mol. The van der Waals surface area contributed by atoms with E-state index in [0.29, 0.717) is 6.54 Å². The summed E-state index contributed by atoms with van der Waals surface area (Å²) in [6.07, 6.45) is 3.99. The predicted molar refractivity (Wildman–Crippen MR) is 84.0 cm³/mol. The van der Waals surface area contributed by atoms with Gasteiger partial charge in [-0.2, -0.15) is 0 Å². The van der Waals surface area contributed by atoms with Crippen molar-refractivity contribution in [3.63, 3.8) is 0 Å². The number of nitrogens with one attached hydrogen (secondary N) is 1. The zero-order chi connectivity index (χ0) is 15.3. The van der Waals surface area contributed by atoms with E-state index in [2.05, 4.69) is 12.2 Å². The van der Waals surface area contributed by atoms with Gasteiger partial charge in [-0.15, -0.1) is 0 Å². The minimum Gasteiger partial charge on any atom is -0.508 e. The third-order valence-corrected chi connectivity index (χ3v) is 4.33. The molecule has 0 saturated carbocycles. The summed E-state index contributed by atoms with van der Waals surface area (Å²) in [5.41, 5.74) is 0.708. The summed E-state index contributed by atoms with van der Waals surface area (Å²) in [4.78, 5) is 14.7. The number of hydrogen-bond acceptors (Lipinski definition) is 3. The second-order valence-electron chi connectivity index (χ2n) is 6.14. The quantitative estimate of drug-likeness (QED) is 0.876. The van der Waals surface area contributed by atoms with Crippen LogP contribution in [0, 0.1) is 5.41 Å². The standard InChI is InChI=1S/C17H26N2O2/c1-3-8-17(9-5-10-18-13-17)16(21)19(2)12-14-6-4-7-15(20)11-14/h4,6-7,11,18,20H,3,5,8-10,12-13H2,1-2H3. The van der Waals surface area contributed by atoms with Crippen molar-refractivity contribution in [2.24, 2.45) is 5.41 Å². The first kappa shape index (κ1) is 15.8. The Morgan fingerprint density at radius 3 is 2.90 bits per heavy atom. The summed E-state index contributed by atoms with van der Waals surface area (Å²) < 4.78 is 0. The molecule has 1 unspecified atom stereocenters. The van der Waals surface area contributed by atoms with Gasteiger partial charge in [0.15, 0.2) is 0 Å². The van der Waals surface area contributed by atoms with Crippen LogP contribution in [0.5, 0.6) is 5.75 Å². The molecule has 0 spiro atoms. The number of rotatable bonds is 5. The molecule has 0 bridgehead atoms. The lowest BCUT2D eigenvalue weighted by atomic mass is 9.75. The maximum Gasteiger partial charge on any atom is 0.230 e. The van der Waals surface area contributed by atoms with Gasteiger partial charge in [-0.3, -0.25) is 4.79 Å². The number of phenolic OH excluding ortho intramolecular Hbond substituents is 1. The van der Waals surface area contributed by atoms with Crippen molar-refractivity contribution >= 4 is 5.91 Å². The van der Waals surface area contributed by atoms with Crippen molar-refractivity contribution in [1.82, 2.24) is 10.2 Å². The van der Waals surface area contributed by atoms with E-state index < -0.39 is 0 Å². The largest absolute Gasteiger partial charge is 0.508 e. The molecule has 116 valence electrons. The SMILES string of the molecule is CCCC1(C(=O)N(C)Cc2cccc(O)c2)CCCNC1. The molecular weight excluding hydrogens is 264 g/mol. The highest BCUT2D eigenvalue weighted by Crippen LogP contribution is 2.34. The first-order chi connectivity index (χ1) is 10.1. The van der Waals surface area contributed by atoms with Crippen molar-refractivity contribution in [3.8, 4) is 5.75 Å². The number of phenols is 1. The van der Waals surface area contributed by atoms with Crippen molar-refractivity contribution in [2.75, 3.05) is 20.1 Å². The molecule has 4 nitrogen and oxygen atoms in total. The summed E-state index contributed by atoms with van der Waals surface area (Å²) in [5.74, 6) is 0.468. The van der Waals surface area contributed by atoms with E-state index in [1.165, 1.54) is 0 Å². The van der Waals surface area contributed by atoms with Gasteiger partial charge in [0, 0.05) is 20.1 Å². The second-order valence-corrected chi connectivity index (χ2v) is 6.14. The van der Waals surface area contributed by atoms with Gasteiger partial charge in [0.2, 0.25) is 5.91 Å². The topological polar surface area (TPSA) is 52.6 Å². The normalized spacial score (nSPS) is 22.0. The lowest BCUT2D eigenvalue weighted by Gasteiger charge is -2.39. The van der Waals surface area contributed by atoms with Crippen LogP contribution < -0.4 is 5.32 Å². The lowest BCUT2D eigenvalue weighted by Crippen LogP contribution is -2.50. The van der Waals surface area contributed by atoms with E-state index in [-0.39, 0.29) is 17.1 Å². The maximum absolute atomic E-state index is 12.9. The fourth-order valence-electron chi connectivity index (χ4n) is 3.35. The molecule has 0 aliphatic carbocycles. The van der Waals surface area contributed by atoms with Crippen LogP contribution in [0.1, 0.15) is 38.2 Å². The molecule has 0 aromatic heterocycles. The van der Waals surface area contributed by atoms with Crippen LogP contribution in [-0.4, -0.2) is 36.1 Å². The molecule has 1 fully saturated rings. The van der Waals surface area contributed by atoms with Crippen molar-refractivity contribution in [1.29, 1.82) is 0 Å². The van der Waals surface area contributed by atoms with Crippen LogP contribution in [0.25, 0.3) is 0 Å². The van der Waals surface area contributed by atoms with Crippen LogP contribution in [0.15, 0.2) is 24.3 Å². The van der Waals surface area contributed by atoms with Gasteiger partial charge in [-0.25, -0.2) is 0 Å². The summed E-state index contributed by atoms with van der Waals surface area (Å²) >= 11 is 0.